The van der Waals surface area contributed by atoms with Crippen molar-refractivity contribution in [3.05, 3.63) is 90.4 Å². The molecule has 1 aliphatic rings. The van der Waals surface area contributed by atoms with Crippen LogP contribution in [-0.4, -0.2) is 54.3 Å². The van der Waals surface area contributed by atoms with E-state index in [2.05, 4.69) is 15.1 Å². The number of amides is 1. The molecule has 1 amide bonds. The summed E-state index contributed by atoms with van der Waals surface area (Å²) >= 11 is 1.53. The van der Waals surface area contributed by atoms with E-state index < -0.39 is 0 Å². The number of anilines is 1. The first-order valence-corrected chi connectivity index (χ1v) is 12.5. The molecule has 35 heavy (non-hydrogen) atoms. The van der Waals surface area contributed by atoms with E-state index in [0.717, 1.165) is 46.6 Å². The van der Waals surface area contributed by atoms with Gasteiger partial charge >= 0.3 is 0 Å². The number of furan rings is 1. The van der Waals surface area contributed by atoms with Gasteiger partial charge in [-0.2, -0.15) is 0 Å². The van der Waals surface area contributed by atoms with Gasteiger partial charge < -0.3 is 19.0 Å². The van der Waals surface area contributed by atoms with Crippen LogP contribution in [0.5, 0.6) is 5.75 Å². The van der Waals surface area contributed by atoms with Gasteiger partial charge in [0.05, 0.1) is 24.2 Å². The zero-order valence-electron chi connectivity index (χ0n) is 19.5. The van der Waals surface area contributed by atoms with Crippen LogP contribution in [0.4, 0.5) is 5.69 Å². The monoisotopic (exact) mass is 486 g/mol. The number of benzene rings is 2. The molecule has 178 valence electrons. The van der Waals surface area contributed by atoms with E-state index in [1.807, 2.05) is 77.7 Å². The van der Waals surface area contributed by atoms with E-state index in [0.29, 0.717) is 24.6 Å². The predicted molar refractivity (Wildman–Crippen MR) is 137 cm³/mol. The summed E-state index contributed by atoms with van der Waals surface area (Å²) in [5, 5.41) is 9.44. The summed E-state index contributed by atoms with van der Waals surface area (Å²) in [6.45, 7) is 2.75. The highest BCUT2D eigenvalue weighted by atomic mass is 32.2. The zero-order valence-corrected chi connectivity index (χ0v) is 20.3. The van der Waals surface area contributed by atoms with Gasteiger partial charge in [-0.15, -0.1) is 10.2 Å². The average molecular weight is 487 g/mol. The third-order valence-corrected chi connectivity index (χ3v) is 6.88. The Morgan fingerprint density at radius 3 is 2.43 bits per heavy atom. The Kier molecular flexibility index (Phi) is 6.99. The fraction of sp³-hybridized carbons (Fsp3) is 0.222. The molecule has 7 nitrogen and oxygen atoms in total. The van der Waals surface area contributed by atoms with Crippen LogP contribution >= 0.6 is 11.8 Å². The number of para-hydroxylation sites is 2. The molecular weight excluding hydrogens is 460 g/mol. The van der Waals surface area contributed by atoms with E-state index in [9.17, 15) is 4.79 Å². The third-order valence-electron chi connectivity index (χ3n) is 5.94. The Hall–Kier alpha value is -3.78. The van der Waals surface area contributed by atoms with Crippen molar-refractivity contribution in [1.29, 1.82) is 0 Å². The summed E-state index contributed by atoms with van der Waals surface area (Å²) < 4.78 is 11.3. The van der Waals surface area contributed by atoms with E-state index >= 15 is 0 Å². The Balaban J connectivity index is 1.14. The van der Waals surface area contributed by atoms with Crippen molar-refractivity contribution < 1.29 is 13.9 Å². The smallest absolute Gasteiger partial charge is 0.289 e. The van der Waals surface area contributed by atoms with Gasteiger partial charge in [-0.3, -0.25) is 4.79 Å². The number of carbonyl (C=O) groups is 1. The van der Waals surface area contributed by atoms with Crippen molar-refractivity contribution in [3.8, 4) is 17.0 Å². The van der Waals surface area contributed by atoms with Crippen LogP contribution in [0.25, 0.3) is 11.3 Å². The van der Waals surface area contributed by atoms with E-state index in [1.165, 1.54) is 11.8 Å². The molecule has 0 radical (unpaired) electrons. The molecule has 1 fully saturated rings. The van der Waals surface area contributed by atoms with Gasteiger partial charge in [-0.1, -0.05) is 54.2 Å². The van der Waals surface area contributed by atoms with Crippen LogP contribution in [0.2, 0.25) is 0 Å². The van der Waals surface area contributed by atoms with Gasteiger partial charge in [-0.25, -0.2) is 0 Å². The highest BCUT2D eigenvalue weighted by Crippen LogP contribution is 2.29. The number of aromatic nitrogens is 2. The Labute approximate surface area is 208 Å². The summed E-state index contributed by atoms with van der Waals surface area (Å²) in [7, 11) is 1.68. The lowest BCUT2D eigenvalue weighted by atomic mass is 10.1. The minimum absolute atomic E-state index is 0.0760. The second-order valence-electron chi connectivity index (χ2n) is 8.13. The predicted octanol–water partition coefficient (Wildman–Crippen LogP) is 5.00. The third kappa shape index (κ3) is 5.33. The van der Waals surface area contributed by atoms with Crippen molar-refractivity contribution >= 4 is 23.4 Å². The summed E-state index contributed by atoms with van der Waals surface area (Å²) in [4.78, 5) is 17.1. The van der Waals surface area contributed by atoms with Crippen LogP contribution in [-0.2, 0) is 5.75 Å². The Morgan fingerprint density at radius 1 is 0.914 bits per heavy atom. The van der Waals surface area contributed by atoms with Gasteiger partial charge in [0, 0.05) is 31.7 Å². The summed E-state index contributed by atoms with van der Waals surface area (Å²) in [6.07, 6.45) is 0. The molecule has 0 atom stereocenters. The highest BCUT2D eigenvalue weighted by molar-refractivity contribution is 7.98. The minimum atomic E-state index is -0.0760. The number of nitrogens with zero attached hydrogens (tertiary/aromatic N) is 4. The summed E-state index contributed by atoms with van der Waals surface area (Å²) in [6, 6.07) is 25.5. The van der Waals surface area contributed by atoms with Crippen molar-refractivity contribution in [2.45, 2.75) is 10.8 Å². The first-order valence-electron chi connectivity index (χ1n) is 11.5. The molecule has 1 aliphatic heterocycles. The molecule has 8 heteroatoms. The standard InChI is InChI=1S/C27H26N4O3S/c1-33-24-10-6-5-9-23(24)30-15-17-31(18-16-30)27(32)25-13-11-21(34-25)19-35-26-14-12-22(28-29-26)20-7-3-2-4-8-20/h2-14H,15-19H2,1H3. The molecule has 0 aliphatic carbocycles. The van der Waals surface area contributed by atoms with Gasteiger partial charge in [0.2, 0.25) is 0 Å². The maximum absolute atomic E-state index is 13.0. The molecule has 2 aromatic heterocycles. The molecular formula is C27H26N4O3S. The van der Waals surface area contributed by atoms with Crippen molar-refractivity contribution in [2.24, 2.45) is 0 Å². The number of rotatable bonds is 7. The van der Waals surface area contributed by atoms with Crippen LogP contribution < -0.4 is 9.64 Å². The van der Waals surface area contributed by atoms with Crippen molar-refractivity contribution in [1.82, 2.24) is 15.1 Å². The number of ether oxygens (including phenoxy) is 1. The number of hydrogen-bond acceptors (Lipinski definition) is 7. The lowest BCUT2D eigenvalue weighted by Gasteiger charge is -2.36. The summed E-state index contributed by atoms with van der Waals surface area (Å²) in [5.41, 5.74) is 2.93. The number of carbonyl (C=O) groups excluding carboxylic acids is 1. The molecule has 4 aromatic rings. The maximum atomic E-state index is 13.0. The summed E-state index contributed by atoms with van der Waals surface area (Å²) in [5.74, 6) is 2.46. The average Bonchev–Trinajstić information content (AvgIpc) is 3.41. The Morgan fingerprint density at radius 2 is 1.69 bits per heavy atom. The molecule has 3 heterocycles. The fourth-order valence-electron chi connectivity index (χ4n) is 4.07. The van der Waals surface area contributed by atoms with E-state index in [4.69, 9.17) is 9.15 Å². The second kappa shape index (κ2) is 10.7. The van der Waals surface area contributed by atoms with Crippen LogP contribution in [0.15, 0.2) is 88.3 Å². The zero-order chi connectivity index (χ0) is 24.0. The molecule has 0 unspecified atom stereocenters. The van der Waals surface area contributed by atoms with Crippen LogP contribution in [0.3, 0.4) is 0 Å². The molecule has 5 rings (SSSR count). The second-order valence-corrected chi connectivity index (χ2v) is 9.12. The van der Waals surface area contributed by atoms with E-state index in [1.54, 1.807) is 13.2 Å². The van der Waals surface area contributed by atoms with Crippen LogP contribution in [0.1, 0.15) is 16.3 Å². The largest absolute Gasteiger partial charge is 0.495 e. The Bertz CT molecular complexity index is 1270. The molecule has 0 spiro atoms. The maximum Gasteiger partial charge on any atom is 0.289 e. The minimum Gasteiger partial charge on any atom is -0.495 e. The lowest BCUT2D eigenvalue weighted by Crippen LogP contribution is -2.48. The van der Waals surface area contributed by atoms with Gasteiger partial charge in [0.1, 0.15) is 16.5 Å². The van der Waals surface area contributed by atoms with Gasteiger partial charge in [0.15, 0.2) is 5.76 Å². The number of piperazine rings is 1. The molecule has 2 aromatic carbocycles. The first kappa shape index (κ1) is 23.0. The lowest BCUT2D eigenvalue weighted by molar-refractivity contribution is 0.0713. The van der Waals surface area contributed by atoms with E-state index in [-0.39, 0.29) is 5.91 Å². The van der Waals surface area contributed by atoms with Gasteiger partial charge in [-0.05, 0) is 36.4 Å². The highest BCUT2D eigenvalue weighted by Gasteiger charge is 2.25. The number of methoxy groups -OCH3 is 1. The van der Waals surface area contributed by atoms with Crippen molar-refractivity contribution in [3.63, 3.8) is 0 Å². The van der Waals surface area contributed by atoms with Crippen molar-refractivity contribution in [2.75, 3.05) is 38.2 Å². The molecule has 0 N–H and O–H groups in total. The van der Waals surface area contributed by atoms with Crippen LogP contribution in [0, 0.1) is 0 Å². The number of thioether (sulfide) groups is 1. The fourth-order valence-corrected chi connectivity index (χ4v) is 4.78. The molecule has 1 saturated heterocycles. The quantitative estimate of drug-likeness (QED) is 0.341. The molecule has 0 saturated carbocycles. The normalized spacial score (nSPS) is 13.6. The first-order chi connectivity index (χ1) is 17.2. The molecule has 0 bridgehead atoms. The topological polar surface area (TPSA) is 71.7 Å². The SMILES string of the molecule is COc1ccccc1N1CCN(C(=O)c2ccc(CSc3ccc(-c4ccccc4)nn3)o2)CC1. The number of hydrogen-bond donors (Lipinski definition) is 0. The van der Waals surface area contributed by atoms with Gasteiger partial charge in [0.25, 0.3) is 5.91 Å².